The first-order valence-electron chi connectivity index (χ1n) is 7.61. The molecule has 134 valence electrons. The van der Waals surface area contributed by atoms with Crippen molar-refractivity contribution in [1.29, 1.82) is 0 Å². The summed E-state index contributed by atoms with van der Waals surface area (Å²) in [7, 11) is -0.397. The molecule has 2 aromatic carbocycles. The second-order valence-corrected chi connectivity index (χ2v) is 8.45. The summed E-state index contributed by atoms with van der Waals surface area (Å²) in [4.78, 5) is 14.3. The lowest BCUT2D eigenvalue weighted by Gasteiger charge is -2.21. The molecular formula is C18H21ClN2O3S. The van der Waals surface area contributed by atoms with E-state index in [2.05, 4.69) is 0 Å². The van der Waals surface area contributed by atoms with Crippen LogP contribution in [0.5, 0.6) is 0 Å². The predicted octanol–water partition coefficient (Wildman–Crippen LogP) is 3.63. The molecule has 0 fully saturated rings. The van der Waals surface area contributed by atoms with Crippen molar-refractivity contribution in [1.82, 2.24) is 0 Å². The summed E-state index contributed by atoms with van der Waals surface area (Å²) in [6, 6.07) is 10.4. The Morgan fingerprint density at radius 1 is 1.00 bits per heavy atom. The van der Waals surface area contributed by atoms with Crippen LogP contribution < -0.4 is 9.21 Å². The number of carbonyl (C=O) groups excluding carboxylic acids is 1. The molecule has 0 aliphatic rings. The summed E-state index contributed by atoms with van der Waals surface area (Å²) in [5.74, 6) is -0.247. The topological polar surface area (TPSA) is 57.7 Å². The molecule has 0 unspecified atom stereocenters. The molecule has 0 saturated heterocycles. The average molecular weight is 381 g/mol. The van der Waals surface area contributed by atoms with Gasteiger partial charge in [0.1, 0.15) is 0 Å². The monoisotopic (exact) mass is 380 g/mol. The molecule has 0 N–H and O–H groups in total. The van der Waals surface area contributed by atoms with Crippen LogP contribution in [-0.2, 0) is 10.0 Å². The molecule has 0 spiro atoms. The van der Waals surface area contributed by atoms with Crippen LogP contribution in [0.3, 0.4) is 0 Å². The van der Waals surface area contributed by atoms with Gasteiger partial charge in [-0.15, -0.1) is 0 Å². The molecule has 2 rings (SSSR count). The zero-order chi connectivity index (χ0) is 18.9. The molecular weight excluding hydrogens is 360 g/mol. The summed E-state index contributed by atoms with van der Waals surface area (Å²) in [6.45, 7) is 3.99. The molecule has 0 aliphatic carbocycles. The predicted molar refractivity (Wildman–Crippen MR) is 103 cm³/mol. The summed E-state index contributed by atoms with van der Waals surface area (Å²) in [6.07, 6.45) is 1.08. The third-order valence-corrected chi connectivity index (χ3v) is 5.72. The first-order valence-corrected chi connectivity index (χ1v) is 9.83. The Kier molecular flexibility index (Phi) is 5.44. The van der Waals surface area contributed by atoms with E-state index in [-0.39, 0.29) is 16.6 Å². The van der Waals surface area contributed by atoms with Crippen LogP contribution in [0.4, 0.5) is 11.4 Å². The number of nitrogens with zero attached hydrogens (tertiary/aromatic N) is 2. The number of sulfonamides is 1. The van der Waals surface area contributed by atoms with E-state index in [1.807, 2.05) is 32.0 Å². The van der Waals surface area contributed by atoms with Gasteiger partial charge in [0.15, 0.2) is 0 Å². The Bertz CT molecular complexity index is 926. The summed E-state index contributed by atoms with van der Waals surface area (Å²) >= 11 is 6.11. The number of benzene rings is 2. The van der Waals surface area contributed by atoms with Crippen LogP contribution >= 0.6 is 11.6 Å². The van der Waals surface area contributed by atoms with Crippen molar-refractivity contribution in [2.45, 2.75) is 13.8 Å². The van der Waals surface area contributed by atoms with E-state index in [0.29, 0.717) is 5.56 Å². The van der Waals surface area contributed by atoms with E-state index in [0.717, 1.165) is 27.4 Å². The van der Waals surface area contributed by atoms with E-state index < -0.39 is 10.0 Å². The van der Waals surface area contributed by atoms with E-state index in [4.69, 9.17) is 11.6 Å². The van der Waals surface area contributed by atoms with Gasteiger partial charge in [0.05, 0.1) is 17.0 Å². The highest BCUT2D eigenvalue weighted by Crippen LogP contribution is 2.29. The molecule has 0 atom stereocenters. The van der Waals surface area contributed by atoms with E-state index in [9.17, 15) is 13.2 Å². The van der Waals surface area contributed by atoms with E-state index >= 15 is 0 Å². The van der Waals surface area contributed by atoms with Gasteiger partial charge in [0.25, 0.3) is 5.91 Å². The molecule has 0 saturated carbocycles. The third kappa shape index (κ3) is 4.14. The fraction of sp³-hybridized carbons (Fsp3) is 0.278. The SMILES string of the molecule is Cc1ccc(N(C)C(=O)c2ccc(Cl)c(N(C)S(C)(=O)=O)c2)cc1C. The Labute approximate surface area is 153 Å². The molecule has 0 aromatic heterocycles. The van der Waals surface area contributed by atoms with Crippen LogP contribution in [0.1, 0.15) is 21.5 Å². The van der Waals surface area contributed by atoms with Crippen molar-refractivity contribution in [2.24, 2.45) is 0 Å². The quantitative estimate of drug-likeness (QED) is 0.813. The Morgan fingerprint density at radius 2 is 1.64 bits per heavy atom. The number of amides is 1. The number of hydrogen-bond donors (Lipinski definition) is 0. The lowest BCUT2D eigenvalue weighted by molar-refractivity contribution is 0.0993. The molecule has 7 heteroatoms. The van der Waals surface area contributed by atoms with Crippen LogP contribution in [0.25, 0.3) is 0 Å². The molecule has 1 amide bonds. The molecule has 0 bridgehead atoms. The molecule has 0 aliphatic heterocycles. The second kappa shape index (κ2) is 7.06. The van der Waals surface area contributed by atoms with Gasteiger partial charge in [0, 0.05) is 25.3 Å². The summed E-state index contributed by atoms with van der Waals surface area (Å²) in [5, 5.41) is 0.262. The van der Waals surface area contributed by atoms with Crippen molar-refractivity contribution in [3.05, 3.63) is 58.1 Å². The van der Waals surface area contributed by atoms with Crippen molar-refractivity contribution in [2.75, 3.05) is 29.6 Å². The van der Waals surface area contributed by atoms with Gasteiger partial charge in [-0.2, -0.15) is 0 Å². The molecule has 5 nitrogen and oxygen atoms in total. The largest absolute Gasteiger partial charge is 0.311 e. The van der Waals surface area contributed by atoms with Gasteiger partial charge in [-0.3, -0.25) is 9.10 Å². The van der Waals surface area contributed by atoms with Crippen molar-refractivity contribution in [3.63, 3.8) is 0 Å². The molecule has 25 heavy (non-hydrogen) atoms. The summed E-state index contributed by atoms with van der Waals surface area (Å²) < 4.78 is 24.6. The highest BCUT2D eigenvalue weighted by molar-refractivity contribution is 7.92. The maximum atomic E-state index is 12.8. The first-order chi connectivity index (χ1) is 11.5. The van der Waals surface area contributed by atoms with Crippen molar-refractivity contribution >= 4 is 38.9 Å². The zero-order valence-electron chi connectivity index (χ0n) is 14.9. The van der Waals surface area contributed by atoms with Gasteiger partial charge >= 0.3 is 0 Å². The van der Waals surface area contributed by atoms with Gasteiger partial charge < -0.3 is 4.90 Å². The lowest BCUT2D eigenvalue weighted by Crippen LogP contribution is -2.28. The minimum absolute atomic E-state index is 0.247. The molecule has 0 radical (unpaired) electrons. The standard InChI is InChI=1S/C18H21ClN2O3S/c1-12-6-8-15(10-13(12)2)20(3)18(22)14-7-9-16(19)17(11-14)21(4)25(5,23)24/h6-11H,1-5H3. The second-order valence-electron chi connectivity index (χ2n) is 6.03. The minimum Gasteiger partial charge on any atom is -0.311 e. The highest BCUT2D eigenvalue weighted by atomic mass is 35.5. The highest BCUT2D eigenvalue weighted by Gasteiger charge is 2.20. The molecule has 0 heterocycles. The maximum Gasteiger partial charge on any atom is 0.258 e. The van der Waals surface area contributed by atoms with Gasteiger partial charge in [0.2, 0.25) is 10.0 Å². The number of carbonyl (C=O) groups is 1. The van der Waals surface area contributed by atoms with E-state index in [1.165, 1.54) is 24.1 Å². The Hall–Kier alpha value is -2.05. The van der Waals surface area contributed by atoms with Crippen LogP contribution in [-0.4, -0.2) is 34.7 Å². The minimum atomic E-state index is -3.48. The van der Waals surface area contributed by atoms with Crippen molar-refractivity contribution < 1.29 is 13.2 Å². The number of halogens is 1. The van der Waals surface area contributed by atoms with Crippen LogP contribution in [0.2, 0.25) is 5.02 Å². The smallest absolute Gasteiger partial charge is 0.258 e. The molecule has 2 aromatic rings. The fourth-order valence-corrected chi connectivity index (χ4v) is 3.11. The number of aryl methyl sites for hydroxylation is 2. The van der Waals surface area contributed by atoms with Gasteiger partial charge in [-0.05, 0) is 55.3 Å². The van der Waals surface area contributed by atoms with Crippen molar-refractivity contribution in [3.8, 4) is 0 Å². The normalized spacial score (nSPS) is 11.3. The Morgan fingerprint density at radius 3 is 2.20 bits per heavy atom. The zero-order valence-corrected chi connectivity index (χ0v) is 16.4. The summed E-state index contributed by atoms with van der Waals surface area (Å²) in [5.41, 5.74) is 3.62. The number of anilines is 2. The van der Waals surface area contributed by atoms with Gasteiger partial charge in [-0.1, -0.05) is 17.7 Å². The lowest BCUT2D eigenvalue weighted by atomic mass is 10.1. The first kappa shape index (κ1) is 19.3. The van der Waals surface area contributed by atoms with E-state index in [1.54, 1.807) is 13.1 Å². The maximum absolute atomic E-state index is 12.8. The number of rotatable bonds is 4. The fourth-order valence-electron chi connectivity index (χ4n) is 2.31. The average Bonchev–Trinajstić information content (AvgIpc) is 2.55. The third-order valence-electron chi connectivity index (χ3n) is 4.21. The van der Waals surface area contributed by atoms with Crippen LogP contribution in [0.15, 0.2) is 36.4 Å². The van der Waals surface area contributed by atoms with Crippen LogP contribution in [0, 0.1) is 13.8 Å². The Balaban J connectivity index is 2.41. The number of hydrogen-bond acceptors (Lipinski definition) is 3. The van der Waals surface area contributed by atoms with Gasteiger partial charge in [-0.25, -0.2) is 8.42 Å².